The number of primary amides is 4. The van der Waals surface area contributed by atoms with Crippen LogP contribution in [0.2, 0.25) is 5.02 Å². The van der Waals surface area contributed by atoms with Gasteiger partial charge >= 0.3 is 0 Å². The van der Waals surface area contributed by atoms with Crippen molar-refractivity contribution >= 4 is 138 Å². The zero-order chi connectivity index (χ0) is 72.2. The van der Waals surface area contributed by atoms with Crippen LogP contribution in [0.3, 0.4) is 0 Å². The predicted octanol–water partition coefficient (Wildman–Crippen LogP) is 8.37. The van der Waals surface area contributed by atoms with Gasteiger partial charge in [-0.1, -0.05) is 78.0 Å². The van der Waals surface area contributed by atoms with Crippen molar-refractivity contribution in [1.82, 2.24) is 31.2 Å². The molecule has 0 saturated heterocycles. The number of anilines is 1. The van der Waals surface area contributed by atoms with Gasteiger partial charge in [-0.3, -0.25) is 72.3 Å². The van der Waals surface area contributed by atoms with E-state index >= 15 is 0 Å². The molecule has 0 aliphatic rings. The van der Waals surface area contributed by atoms with Gasteiger partial charge in [0.15, 0.2) is 5.12 Å². The normalized spacial score (nSPS) is 10.2. The first-order valence-electron chi connectivity index (χ1n) is 29.5. The summed E-state index contributed by atoms with van der Waals surface area (Å²) in [5.41, 5.74) is 24.0. The number of nitrogens with zero attached hydrogens (tertiary/aromatic N) is 2. The zero-order valence-corrected chi connectivity index (χ0v) is 56.7. The number of nitrogens with one attached hydrogen (secondary N) is 5. The summed E-state index contributed by atoms with van der Waals surface area (Å²) in [5.74, 6) is -4.54. The van der Waals surface area contributed by atoms with Crippen LogP contribution in [0.15, 0.2) is 208 Å². The Bertz CT molecular complexity index is 4210. The first-order chi connectivity index (χ1) is 47.4. The van der Waals surface area contributed by atoms with Crippen molar-refractivity contribution in [2.24, 2.45) is 22.9 Å². The highest BCUT2D eigenvalue weighted by Crippen LogP contribution is 2.31. The standard InChI is InChI=1S/C19H19N3O4S.C18H17ClN2O3S.C16H14FN3O3S.C16H15N3O3S/c1-12(23)22-14-8-6-13(7-9-14)19(26)27-16-5-3-2-4-15(16)18(25)21-11-10-17(20)24;19-13-6-7-14(18(24)21-9-8-16(20)22)15(11-13)25-17(23)10-12-4-2-1-3-5-12;17-11-3-4-13(24-16(23)10-2-1-6-19-9-10)12(8-11)15(22)20-7-5-14(18)21;17-14(20)7-10-19-15(21)12-3-1-2-4-13(12)23-16(22)11-5-8-18-9-6-11/h2-9H,10-11H2,1H3,(H2,20,24)(H,21,25)(H,22,23);1-7,11H,8-10H2,(H2,20,22)(H,21,24);1-4,6,8-9H,5,7H2,(H2,18,21)(H,20,22);1-6,8-9H,7,10H2,(H2,17,20)(H,19,21). The lowest BCUT2D eigenvalue weighted by atomic mass is 10.2. The van der Waals surface area contributed by atoms with E-state index < -0.39 is 35.4 Å². The lowest BCUT2D eigenvalue weighted by Crippen LogP contribution is -2.28. The Morgan fingerprint density at radius 2 is 0.848 bits per heavy atom. The number of carbonyl (C=O) groups is 13. The van der Waals surface area contributed by atoms with Gasteiger partial charge in [-0.2, -0.15) is 0 Å². The molecule has 0 atom stereocenters. The third kappa shape index (κ3) is 29.2. The number of thioether (sulfide) groups is 4. The molecule has 8 aromatic rings. The monoisotopic (exact) mass is 1440 g/mol. The van der Waals surface area contributed by atoms with Crippen molar-refractivity contribution in [3.63, 3.8) is 0 Å². The van der Waals surface area contributed by atoms with Crippen molar-refractivity contribution in [2.75, 3.05) is 31.5 Å². The van der Waals surface area contributed by atoms with Crippen LogP contribution in [-0.4, -0.2) is 110 Å². The van der Waals surface area contributed by atoms with Crippen LogP contribution in [0.25, 0.3) is 0 Å². The number of amides is 9. The quantitative estimate of drug-likeness (QED) is 0.0230. The van der Waals surface area contributed by atoms with Gasteiger partial charge in [0, 0.05) is 137 Å². The van der Waals surface area contributed by atoms with E-state index in [2.05, 4.69) is 36.6 Å². The topological polar surface area (TPSA) is 412 Å². The number of pyridine rings is 2. The average Bonchev–Trinajstić information content (AvgIpc) is 0.903. The second-order valence-corrected chi connectivity index (χ2v) is 24.8. The number of rotatable bonds is 26. The number of aromatic nitrogens is 2. The van der Waals surface area contributed by atoms with E-state index in [0.29, 0.717) is 63.7 Å². The second-order valence-electron chi connectivity index (χ2n) is 20.2. The van der Waals surface area contributed by atoms with Crippen LogP contribution < -0.4 is 49.5 Å². The minimum absolute atomic E-state index is 0.0155. The van der Waals surface area contributed by atoms with E-state index in [1.54, 1.807) is 115 Å². The summed E-state index contributed by atoms with van der Waals surface area (Å²) < 4.78 is 13.5. The summed E-state index contributed by atoms with van der Waals surface area (Å²) in [7, 11) is 0. The highest BCUT2D eigenvalue weighted by Gasteiger charge is 2.21. The van der Waals surface area contributed by atoms with E-state index in [1.807, 2.05) is 30.3 Å². The number of hydrogen-bond donors (Lipinski definition) is 9. The molecular weight excluding hydrogens is 1370 g/mol. The highest BCUT2D eigenvalue weighted by atomic mass is 35.5. The zero-order valence-electron chi connectivity index (χ0n) is 52.7. The van der Waals surface area contributed by atoms with E-state index in [0.717, 1.165) is 58.7 Å². The molecule has 0 aliphatic heterocycles. The molecule has 0 aliphatic carbocycles. The molecule has 13 N–H and O–H groups in total. The fraction of sp³-hybridized carbons (Fsp3) is 0.145. The molecule has 0 spiro atoms. The van der Waals surface area contributed by atoms with Gasteiger partial charge < -0.3 is 49.5 Å². The number of nitrogens with two attached hydrogens (primary N) is 4. The van der Waals surface area contributed by atoms with Crippen LogP contribution in [0.5, 0.6) is 0 Å². The molecule has 99 heavy (non-hydrogen) atoms. The molecule has 0 radical (unpaired) electrons. The predicted molar refractivity (Wildman–Crippen MR) is 376 cm³/mol. The van der Waals surface area contributed by atoms with Crippen LogP contribution >= 0.6 is 58.6 Å². The van der Waals surface area contributed by atoms with Crippen LogP contribution in [0.4, 0.5) is 10.1 Å². The first kappa shape index (κ1) is 78.8. The summed E-state index contributed by atoms with van der Waals surface area (Å²) in [6, 6.07) is 44.1. The van der Waals surface area contributed by atoms with Crippen molar-refractivity contribution in [1.29, 1.82) is 0 Å². The van der Waals surface area contributed by atoms with E-state index in [9.17, 15) is 66.7 Å². The van der Waals surface area contributed by atoms with Crippen LogP contribution in [0, 0.1) is 5.82 Å². The number of benzene rings is 6. The molecule has 512 valence electrons. The molecule has 0 unspecified atom stereocenters. The van der Waals surface area contributed by atoms with Gasteiger partial charge in [0.25, 0.3) is 23.6 Å². The summed E-state index contributed by atoms with van der Waals surface area (Å²) in [5, 5.41) is 12.5. The Kier molecular flexibility index (Phi) is 33.4. The van der Waals surface area contributed by atoms with Gasteiger partial charge in [0.2, 0.25) is 44.9 Å². The van der Waals surface area contributed by atoms with Gasteiger partial charge in [-0.25, -0.2) is 4.39 Å². The molecule has 0 saturated carbocycles. The fourth-order valence-corrected chi connectivity index (χ4v) is 11.6. The Hall–Kier alpha value is -10.9. The Morgan fingerprint density at radius 1 is 0.414 bits per heavy atom. The molecular formula is C69H65ClFN11O13S4. The maximum absolute atomic E-state index is 13.5. The Morgan fingerprint density at radius 3 is 1.31 bits per heavy atom. The van der Waals surface area contributed by atoms with Crippen LogP contribution in [0.1, 0.15) is 111 Å². The highest BCUT2D eigenvalue weighted by molar-refractivity contribution is 8.15. The molecule has 2 heterocycles. The maximum Gasteiger partial charge on any atom is 0.252 e. The Labute approximate surface area is 589 Å². The smallest absolute Gasteiger partial charge is 0.252 e. The van der Waals surface area contributed by atoms with Crippen molar-refractivity contribution in [3.8, 4) is 0 Å². The third-order valence-electron chi connectivity index (χ3n) is 12.5. The summed E-state index contributed by atoms with van der Waals surface area (Å²) >= 11 is 9.67. The van der Waals surface area contributed by atoms with E-state index in [1.165, 1.54) is 43.8 Å². The van der Waals surface area contributed by atoms with Gasteiger partial charge in [0.1, 0.15) is 5.82 Å². The maximum atomic E-state index is 13.5. The minimum atomic E-state index is -0.603. The van der Waals surface area contributed by atoms with Gasteiger partial charge in [-0.05, 0) is 150 Å². The summed E-state index contributed by atoms with van der Waals surface area (Å²) in [4.78, 5) is 162. The van der Waals surface area contributed by atoms with Crippen LogP contribution in [-0.2, 0) is 35.2 Å². The first-order valence-corrected chi connectivity index (χ1v) is 33.1. The lowest BCUT2D eigenvalue weighted by Gasteiger charge is -2.10. The van der Waals surface area contributed by atoms with E-state index in [-0.39, 0.29) is 108 Å². The average molecular weight is 1440 g/mol. The largest absolute Gasteiger partial charge is 0.370 e. The van der Waals surface area contributed by atoms with Crippen molar-refractivity contribution < 1.29 is 66.7 Å². The molecule has 24 nitrogen and oxygen atoms in total. The Balaban J connectivity index is 0.000000239. The van der Waals surface area contributed by atoms with Crippen molar-refractivity contribution in [2.45, 2.75) is 58.6 Å². The molecule has 0 fully saturated rings. The minimum Gasteiger partial charge on any atom is -0.370 e. The van der Waals surface area contributed by atoms with Gasteiger partial charge in [0.05, 0.1) is 22.3 Å². The summed E-state index contributed by atoms with van der Waals surface area (Å²) in [6.07, 6.45) is 6.40. The molecule has 9 amide bonds. The van der Waals surface area contributed by atoms with E-state index in [4.69, 9.17) is 34.5 Å². The molecule has 6 aromatic carbocycles. The second kappa shape index (κ2) is 42.0. The number of carbonyl (C=O) groups excluding carboxylic acids is 13. The summed E-state index contributed by atoms with van der Waals surface area (Å²) in [6.45, 7) is 1.86. The number of halogens is 2. The SMILES string of the molecule is CC(=O)Nc1ccc(C(=O)Sc2ccccc2C(=O)NCCC(N)=O)cc1.NC(=O)CCNC(=O)c1cc(F)ccc1SC(=O)c1cccnc1.NC(=O)CCNC(=O)c1ccc(Cl)cc1SC(=O)Cc1ccccc1.NC(=O)CCNC(=O)c1ccccc1SC(=O)c1ccncc1. The number of hydrogen-bond acceptors (Lipinski definition) is 19. The van der Waals surface area contributed by atoms with Crippen molar-refractivity contribution in [3.05, 3.63) is 244 Å². The lowest BCUT2D eigenvalue weighted by molar-refractivity contribution is -0.118. The molecule has 30 heteroatoms. The molecule has 2 aromatic heterocycles. The third-order valence-corrected chi connectivity index (χ3v) is 16.7. The van der Waals surface area contributed by atoms with Gasteiger partial charge in [-0.15, -0.1) is 0 Å². The fourth-order valence-electron chi connectivity index (χ4n) is 7.86. The molecule has 0 bridgehead atoms. The molecule has 8 rings (SSSR count).